The second-order valence-electron chi connectivity index (χ2n) is 11.2. The lowest BCUT2D eigenvalue weighted by molar-refractivity contribution is -0.000160. The van der Waals surface area contributed by atoms with Crippen LogP contribution in [0.15, 0.2) is 24.3 Å². The molecule has 2 atom stereocenters. The van der Waals surface area contributed by atoms with E-state index >= 15 is 0 Å². The Morgan fingerprint density at radius 3 is 2.23 bits per heavy atom. The van der Waals surface area contributed by atoms with Crippen molar-refractivity contribution < 1.29 is 14.1 Å². The molecule has 1 aliphatic heterocycles. The molecule has 0 radical (unpaired) electrons. The maximum absolute atomic E-state index is 13.1. The Balaban J connectivity index is 1.62. The number of carbonyl (C=O) groups is 1. The molecule has 5 nitrogen and oxygen atoms in total. The Morgan fingerprint density at radius 1 is 1.10 bits per heavy atom. The van der Waals surface area contributed by atoms with Gasteiger partial charge in [-0.05, 0) is 78.4 Å². The molecule has 1 heterocycles. The van der Waals surface area contributed by atoms with Gasteiger partial charge in [-0.3, -0.25) is 0 Å². The lowest BCUT2D eigenvalue weighted by Gasteiger charge is -2.47. The van der Waals surface area contributed by atoms with Gasteiger partial charge in [0, 0.05) is 35.3 Å². The number of hydrogen-bond acceptors (Lipinski definition) is 4. The average molecular weight is 433 g/mol. The highest BCUT2D eigenvalue weighted by atomic mass is 32.2. The summed E-state index contributed by atoms with van der Waals surface area (Å²) < 4.78 is 22.0. The molecule has 2 spiro atoms. The number of nitrogens with one attached hydrogen (secondary N) is 1. The van der Waals surface area contributed by atoms with E-state index in [1.54, 1.807) is 0 Å². The summed E-state index contributed by atoms with van der Waals surface area (Å²) in [4.78, 5) is 14.5. The normalized spacial score (nSPS) is 25.3. The van der Waals surface area contributed by atoms with E-state index in [-0.39, 0.29) is 27.7 Å². The quantitative estimate of drug-likeness (QED) is 0.679. The third kappa shape index (κ3) is 3.55. The SMILES string of the molecule is CC(C)(C)OC(=O)N1CCC2(CC1)[C@H](N[S@+]([O-])C(C)(C)C)c1ccccc1C21CC1. The van der Waals surface area contributed by atoms with Gasteiger partial charge in [0.2, 0.25) is 0 Å². The lowest BCUT2D eigenvalue weighted by atomic mass is 9.65. The van der Waals surface area contributed by atoms with E-state index < -0.39 is 17.0 Å². The predicted octanol–water partition coefficient (Wildman–Crippen LogP) is 4.84. The summed E-state index contributed by atoms with van der Waals surface area (Å²) in [7, 11) is 0. The van der Waals surface area contributed by atoms with Crippen molar-refractivity contribution in [1.82, 2.24) is 9.62 Å². The van der Waals surface area contributed by atoms with Crippen molar-refractivity contribution in [3.63, 3.8) is 0 Å². The minimum atomic E-state index is -1.15. The number of hydrogen-bond donors (Lipinski definition) is 1. The molecule has 1 saturated heterocycles. The highest BCUT2D eigenvalue weighted by molar-refractivity contribution is 7.90. The van der Waals surface area contributed by atoms with Gasteiger partial charge in [-0.25, -0.2) is 4.79 Å². The van der Waals surface area contributed by atoms with Crippen LogP contribution in [0.2, 0.25) is 0 Å². The predicted molar refractivity (Wildman–Crippen MR) is 121 cm³/mol. The minimum Gasteiger partial charge on any atom is -0.598 e. The molecule has 2 fully saturated rings. The van der Waals surface area contributed by atoms with Crippen molar-refractivity contribution in [2.45, 2.75) is 89.0 Å². The summed E-state index contributed by atoms with van der Waals surface area (Å²) in [5, 5.41) is 0. The van der Waals surface area contributed by atoms with Crippen molar-refractivity contribution in [3.8, 4) is 0 Å². The molecule has 1 amide bonds. The molecule has 166 valence electrons. The smallest absolute Gasteiger partial charge is 0.410 e. The van der Waals surface area contributed by atoms with Crippen LogP contribution in [0.4, 0.5) is 4.79 Å². The van der Waals surface area contributed by atoms with E-state index in [9.17, 15) is 9.35 Å². The van der Waals surface area contributed by atoms with E-state index in [0.29, 0.717) is 13.1 Å². The summed E-state index contributed by atoms with van der Waals surface area (Å²) in [5.74, 6) is 0. The van der Waals surface area contributed by atoms with Crippen LogP contribution < -0.4 is 4.72 Å². The summed E-state index contributed by atoms with van der Waals surface area (Å²) >= 11 is -1.15. The largest absolute Gasteiger partial charge is 0.598 e. The zero-order valence-corrected chi connectivity index (χ0v) is 20.0. The van der Waals surface area contributed by atoms with Crippen LogP contribution in [-0.4, -0.2) is 39.0 Å². The van der Waals surface area contributed by atoms with Crippen LogP contribution in [0, 0.1) is 5.41 Å². The fourth-order valence-corrected chi connectivity index (χ4v) is 6.48. The number of carbonyl (C=O) groups excluding carboxylic acids is 1. The van der Waals surface area contributed by atoms with E-state index in [2.05, 4.69) is 29.0 Å². The number of fused-ring (bicyclic) bond motifs is 3. The number of likely N-dealkylation sites (tertiary alicyclic amines) is 1. The Morgan fingerprint density at radius 2 is 1.70 bits per heavy atom. The van der Waals surface area contributed by atoms with Crippen molar-refractivity contribution in [2.24, 2.45) is 5.41 Å². The summed E-state index contributed by atoms with van der Waals surface area (Å²) in [5.41, 5.74) is 2.40. The van der Waals surface area contributed by atoms with Gasteiger partial charge >= 0.3 is 6.09 Å². The van der Waals surface area contributed by atoms with Crippen molar-refractivity contribution in [2.75, 3.05) is 13.1 Å². The van der Waals surface area contributed by atoms with Crippen molar-refractivity contribution in [3.05, 3.63) is 35.4 Å². The number of piperidine rings is 1. The number of ether oxygens (including phenoxy) is 1. The molecule has 30 heavy (non-hydrogen) atoms. The molecule has 2 aliphatic carbocycles. The Kier molecular flexibility index (Phi) is 5.23. The molecular weight excluding hydrogens is 396 g/mol. The third-order valence-electron chi connectivity index (χ3n) is 7.13. The van der Waals surface area contributed by atoms with Crippen LogP contribution in [0.25, 0.3) is 0 Å². The molecule has 0 aromatic heterocycles. The van der Waals surface area contributed by atoms with Crippen LogP contribution >= 0.6 is 0 Å². The molecule has 1 N–H and O–H groups in total. The summed E-state index contributed by atoms with van der Waals surface area (Å²) in [6.45, 7) is 13.1. The van der Waals surface area contributed by atoms with E-state index in [4.69, 9.17) is 4.74 Å². The Hall–Kier alpha value is -1.24. The maximum atomic E-state index is 13.1. The Bertz CT molecular complexity index is 814. The molecule has 0 unspecified atom stereocenters. The average Bonchev–Trinajstić information content (AvgIpc) is 3.43. The third-order valence-corrected chi connectivity index (χ3v) is 8.69. The van der Waals surface area contributed by atoms with Gasteiger partial charge in [-0.1, -0.05) is 24.3 Å². The van der Waals surface area contributed by atoms with E-state index in [1.807, 2.05) is 46.4 Å². The zero-order valence-electron chi connectivity index (χ0n) is 19.2. The molecule has 3 aliphatic rings. The molecular formula is C24H36N2O3S. The number of benzene rings is 1. The highest BCUT2D eigenvalue weighted by Crippen LogP contribution is 2.73. The molecule has 1 aromatic rings. The highest BCUT2D eigenvalue weighted by Gasteiger charge is 2.69. The first-order valence-electron chi connectivity index (χ1n) is 11.2. The zero-order chi connectivity index (χ0) is 21.9. The van der Waals surface area contributed by atoms with Gasteiger partial charge in [-0.15, -0.1) is 4.72 Å². The monoisotopic (exact) mass is 432 g/mol. The molecule has 6 heteroatoms. The minimum absolute atomic E-state index is 0.00386. The summed E-state index contributed by atoms with van der Waals surface area (Å²) in [6, 6.07) is 8.76. The van der Waals surface area contributed by atoms with Gasteiger partial charge in [0.05, 0.1) is 6.04 Å². The van der Waals surface area contributed by atoms with Crippen LogP contribution in [0.3, 0.4) is 0 Å². The molecule has 0 bridgehead atoms. The fourth-order valence-electron chi connectivity index (χ4n) is 5.56. The number of rotatable bonds is 2. The van der Waals surface area contributed by atoms with Crippen LogP contribution in [0.5, 0.6) is 0 Å². The standard InChI is InChI=1S/C24H36N2O3S/c1-21(2,3)29-20(27)26-15-13-24(14-16-26)19(25-30(28)22(4,5)6)17-9-7-8-10-18(17)23(24)11-12-23/h7-10,19,25H,11-16H2,1-6H3/t19-,30-/m1/s1. The van der Waals surface area contributed by atoms with Crippen LogP contribution in [0.1, 0.15) is 84.4 Å². The number of amides is 1. The first-order valence-corrected chi connectivity index (χ1v) is 12.3. The maximum Gasteiger partial charge on any atom is 0.410 e. The Labute approximate surface area is 184 Å². The first-order chi connectivity index (χ1) is 13.9. The molecule has 4 rings (SSSR count). The first kappa shape index (κ1) is 22.0. The second-order valence-corrected chi connectivity index (χ2v) is 13.2. The van der Waals surface area contributed by atoms with E-state index in [0.717, 1.165) is 12.8 Å². The van der Waals surface area contributed by atoms with Crippen LogP contribution in [-0.2, 0) is 21.5 Å². The van der Waals surface area contributed by atoms with E-state index in [1.165, 1.54) is 24.0 Å². The molecule has 1 aromatic carbocycles. The van der Waals surface area contributed by atoms with Gasteiger partial charge < -0.3 is 14.2 Å². The molecule has 1 saturated carbocycles. The summed E-state index contributed by atoms with van der Waals surface area (Å²) in [6.07, 6.45) is 3.94. The van der Waals surface area contributed by atoms with Crippen molar-refractivity contribution >= 4 is 17.5 Å². The fraction of sp³-hybridized carbons (Fsp3) is 0.708. The van der Waals surface area contributed by atoms with Gasteiger partial charge in [-0.2, -0.15) is 0 Å². The lowest BCUT2D eigenvalue weighted by Crippen LogP contribution is -2.53. The van der Waals surface area contributed by atoms with Gasteiger partial charge in [0.1, 0.15) is 10.3 Å². The number of nitrogens with zero attached hydrogens (tertiary/aromatic N) is 1. The second kappa shape index (κ2) is 7.14. The topological polar surface area (TPSA) is 64.6 Å². The van der Waals surface area contributed by atoms with Crippen molar-refractivity contribution in [1.29, 1.82) is 0 Å². The van der Waals surface area contributed by atoms with Gasteiger partial charge in [0.25, 0.3) is 0 Å². The van der Waals surface area contributed by atoms with Gasteiger partial charge in [0.15, 0.2) is 0 Å².